The minimum absolute atomic E-state index is 0.174. The first-order valence-electron chi connectivity index (χ1n) is 9.61. The number of piperidine rings is 1. The van der Waals surface area contributed by atoms with Crippen LogP contribution < -0.4 is 10.6 Å². The maximum atomic E-state index is 12.8. The molecule has 0 aliphatic carbocycles. The lowest BCUT2D eigenvalue weighted by Gasteiger charge is -2.31. The summed E-state index contributed by atoms with van der Waals surface area (Å²) in [5, 5.41) is 9.05. The first kappa shape index (κ1) is 20.3. The Balaban J connectivity index is 2.03. The van der Waals surface area contributed by atoms with Crippen LogP contribution in [0.3, 0.4) is 0 Å². The van der Waals surface area contributed by atoms with Crippen molar-refractivity contribution in [3.63, 3.8) is 0 Å². The fraction of sp³-hybridized carbons (Fsp3) is 0.381. The second-order valence-corrected chi connectivity index (χ2v) is 7.13. The minimum atomic E-state index is -0.321. The van der Waals surface area contributed by atoms with Gasteiger partial charge in [0.15, 0.2) is 0 Å². The van der Waals surface area contributed by atoms with E-state index < -0.39 is 0 Å². The summed E-state index contributed by atoms with van der Waals surface area (Å²) in [6, 6.07) is 9.02. The Morgan fingerprint density at radius 2 is 2.07 bits per heavy atom. The molecule has 0 bridgehead atoms. The van der Waals surface area contributed by atoms with Crippen LogP contribution >= 0.6 is 0 Å². The maximum absolute atomic E-state index is 12.8. The van der Waals surface area contributed by atoms with E-state index in [1.807, 2.05) is 11.8 Å². The maximum Gasteiger partial charge on any atom is 0.257 e. The van der Waals surface area contributed by atoms with Gasteiger partial charge in [-0.25, -0.2) is 9.97 Å². The van der Waals surface area contributed by atoms with E-state index in [0.717, 1.165) is 24.9 Å². The zero-order valence-electron chi connectivity index (χ0n) is 16.6. The van der Waals surface area contributed by atoms with Crippen LogP contribution in [-0.4, -0.2) is 53.4 Å². The van der Waals surface area contributed by atoms with E-state index in [4.69, 9.17) is 11.0 Å². The van der Waals surface area contributed by atoms with Gasteiger partial charge < -0.3 is 15.5 Å². The number of hydrogen-bond acceptors (Lipinski definition) is 6. The number of carbonyl (C=O) groups is 2. The molecule has 8 heteroatoms. The van der Waals surface area contributed by atoms with Crippen LogP contribution in [0.5, 0.6) is 0 Å². The number of nitrogens with zero attached hydrogens (tertiary/aromatic N) is 5. The summed E-state index contributed by atoms with van der Waals surface area (Å²) in [5.41, 5.74) is 7.64. The smallest absolute Gasteiger partial charge is 0.257 e. The summed E-state index contributed by atoms with van der Waals surface area (Å²) >= 11 is 0. The third-order valence-electron chi connectivity index (χ3n) is 5.22. The zero-order chi connectivity index (χ0) is 21.0. The van der Waals surface area contributed by atoms with E-state index in [2.05, 4.69) is 16.0 Å². The van der Waals surface area contributed by atoms with Crippen molar-refractivity contribution in [1.29, 1.82) is 5.26 Å². The number of nitriles is 1. The van der Waals surface area contributed by atoms with Crippen LogP contribution in [0.15, 0.2) is 30.5 Å². The number of primary amides is 1. The predicted octanol–water partition coefficient (Wildman–Crippen LogP) is 1.81. The molecule has 29 heavy (non-hydrogen) atoms. The Bertz CT molecular complexity index is 951. The second-order valence-electron chi connectivity index (χ2n) is 7.13. The summed E-state index contributed by atoms with van der Waals surface area (Å²) < 4.78 is 0. The van der Waals surface area contributed by atoms with E-state index in [0.29, 0.717) is 35.9 Å². The van der Waals surface area contributed by atoms with Gasteiger partial charge in [0.25, 0.3) is 5.91 Å². The van der Waals surface area contributed by atoms with Crippen LogP contribution in [0, 0.1) is 17.2 Å². The fourth-order valence-corrected chi connectivity index (χ4v) is 3.34. The molecule has 1 aliphatic rings. The summed E-state index contributed by atoms with van der Waals surface area (Å²) in [6.07, 6.45) is 3.12. The van der Waals surface area contributed by atoms with Gasteiger partial charge in [-0.05, 0) is 31.9 Å². The normalized spacial score (nSPS) is 16.2. The second kappa shape index (κ2) is 8.69. The van der Waals surface area contributed by atoms with E-state index in [9.17, 15) is 9.59 Å². The molecule has 2 N–H and O–H groups in total. The lowest BCUT2D eigenvalue weighted by molar-refractivity contribution is -0.122. The molecule has 2 aromatic rings. The molecule has 1 saturated heterocycles. The minimum Gasteiger partial charge on any atom is -0.369 e. The number of amides is 2. The molecule has 1 aliphatic heterocycles. The van der Waals surface area contributed by atoms with Gasteiger partial charge in [0, 0.05) is 38.4 Å². The van der Waals surface area contributed by atoms with Gasteiger partial charge in [0.1, 0.15) is 0 Å². The fourth-order valence-electron chi connectivity index (χ4n) is 3.34. The lowest BCUT2D eigenvalue weighted by Crippen LogP contribution is -2.42. The van der Waals surface area contributed by atoms with Gasteiger partial charge in [-0.2, -0.15) is 5.26 Å². The molecule has 1 aromatic carbocycles. The summed E-state index contributed by atoms with van der Waals surface area (Å²) in [7, 11) is 1.72. The molecular weight excluding hydrogens is 368 g/mol. The van der Waals surface area contributed by atoms with E-state index in [-0.39, 0.29) is 17.7 Å². The Morgan fingerprint density at radius 1 is 1.34 bits per heavy atom. The molecule has 0 radical (unpaired) electrons. The highest BCUT2D eigenvalue weighted by Crippen LogP contribution is 2.27. The Labute approximate surface area is 170 Å². The van der Waals surface area contributed by atoms with Gasteiger partial charge in [0.2, 0.25) is 11.9 Å². The number of rotatable bonds is 5. The molecule has 8 nitrogen and oxygen atoms in total. The number of hydrogen-bond donors (Lipinski definition) is 1. The number of aromatic nitrogens is 2. The zero-order valence-corrected chi connectivity index (χ0v) is 16.6. The highest BCUT2D eigenvalue weighted by Gasteiger charge is 2.27. The molecule has 1 unspecified atom stereocenters. The monoisotopic (exact) mass is 392 g/mol. The van der Waals surface area contributed by atoms with E-state index >= 15 is 0 Å². The molecule has 2 heterocycles. The average Bonchev–Trinajstić information content (AvgIpc) is 2.77. The van der Waals surface area contributed by atoms with Gasteiger partial charge in [-0.3, -0.25) is 9.59 Å². The van der Waals surface area contributed by atoms with Crippen molar-refractivity contribution in [2.75, 3.05) is 31.6 Å². The molecular formula is C21H24N6O2. The number of benzene rings is 1. The van der Waals surface area contributed by atoms with Crippen LogP contribution in [0.25, 0.3) is 11.3 Å². The molecule has 3 rings (SSSR count). The van der Waals surface area contributed by atoms with E-state index in [1.54, 1.807) is 36.2 Å². The van der Waals surface area contributed by atoms with Crippen molar-refractivity contribution < 1.29 is 9.59 Å². The number of carbonyl (C=O) groups excluding carboxylic acids is 2. The SMILES string of the molecule is CCN(C)C(=O)c1cnc(N2CCCC(C(N)=O)C2)nc1-c1ccc(C#N)cc1. The van der Waals surface area contributed by atoms with Crippen molar-refractivity contribution in [1.82, 2.24) is 14.9 Å². The van der Waals surface area contributed by atoms with Crippen molar-refractivity contribution >= 4 is 17.8 Å². The molecule has 2 amide bonds. The highest BCUT2D eigenvalue weighted by atomic mass is 16.2. The van der Waals surface area contributed by atoms with Crippen molar-refractivity contribution in [2.24, 2.45) is 11.7 Å². The standard InChI is InChI=1S/C21H24N6O2/c1-3-26(2)20(29)17-12-24-21(27-10-4-5-16(13-27)19(23)28)25-18(17)15-8-6-14(11-22)7-9-15/h6-9,12,16H,3-5,10,13H2,1-2H3,(H2,23,28). The first-order valence-corrected chi connectivity index (χ1v) is 9.61. The summed E-state index contributed by atoms with van der Waals surface area (Å²) in [4.78, 5) is 37.1. The Hall–Kier alpha value is -3.47. The Kier molecular flexibility index (Phi) is 6.07. The predicted molar refractivity (Wildman–Crippen MR) is 109 cm³/mol. The van der Waals surface area contributed by atoms with Crippen molar-refractivity contribution in [3.8, 4) is 17.3 Å². The lowest BCUT2D eigenvalue weighted by atomic mass is 9.98. The molecule has 1 atom stereocenters. The summed E-state index contributed by atoms with van der Waals surface area (Å²) in [5.74, 6) is -0.269. The van der Waals surface area contributed by atoms with Gasteiger partial charge in [0.05, 0.1) is 28.8 Å². The van der Waals surface area contributed by atoms with Gasteiger partial charge in [-0.1, -0.05) is 12.1 Å². The number of anilines is 1. The van der Waals surface area contributed by atoms with Gasteiger partial charge in [-0.15, -0.1) is 0 Å². The third-order valence-corrected chi connectivity index (χ3v) is 5.22. The topological polar surface area (TPSA) is 116 Å². The first-order chi connectivity index (χ1) is 13.9. The molecule has 0 saturated carbocycles. The summed E-state index contributed by atoms with van der Waals surface area (Å²) in [6.45, 7) is 3.63. The third kappa shape index (κ3) is 4.35. The molecule has 1 aromatic heterocycles. The largest absolute Gasteiger partial charge is 0.369 e. The highest BCUT2D eigenvalue weighted by molar-refractivity contribution is 5.99. The van der Waals surface area contributed by atoms with Crippen molar-refractivity contribution in [2.45, 2.75) is 19.8 Å². The van der Waals surface area contributed by atoms with Crippen molar-refractivity contribution in [3.05, 3.63) is 41.6 Å². The van der Waals surface area contributed by atoms with Crippen LogP contribution in [0.4, 0.5) is 5.95 Å². The molecule has 1 fully saturated rings. The number of nitrogens with two attached hydrogens (primary N) is 1. The van der Waals surface area contributed by atoms with E-state index in [1.165, 1.54) is 6.20 Å². The Morgan fingerprint density at radius 3 is 2.69 bits per heavy atom. The quantitative estimate of drug-likeness (QED) is 0.829. The van der Waals surface area contributed by atoms with Gasteiger partial charge >= 0.3 is 0 Å². The van der Waals surface area contributed by atoms with Crippen LogP contribution in [0.2, 0.25) is 0 Å². The molecule has 0 spiro atoms. The average molecular weight is 392 g/mol. The van der Waals surface area contributed by atoms with Crippen LogP contribution in [-0.2, 0) is 4.79 Å². The van der Waals surface area contributed by atoms with Crippen LogP contribution in [0.1, 0.15) is 35.7 Å². The molecule has 150 valence electrons.